The van der Waals surface area contributed by atoms with E-state index in [1.165, 1.54) is 19.3 Å². The first-order valence-electron chi connectivity index (χ1n) is 9.67. The van der Waals surface area contributed by atoms with Gasteiger partial charge in [0, 0.05) is 0 Å². The van der Waals surface area contributed by atoms with Gasteiger partial charge in [0.05, 0.1) is 32.1 Å². The van der Waals surface area contributed by atoms with Crippen molar-refractivity contribution in [2.45, 2.75) is 56.9 Å². The molecule has 27 heavy (non-hydrogen) atoms. The van der Waals surface area contributed by atoms with Gasteiger partial charge in [0.25, 0.3) is 0 Å². The highest BCUT2D eigenvalue weighted by molar-refractivity contribution is 5.75. The third-order valence-corrected chi connectivity index (χ3v) is 5.49. The molecule has 2 aliphatic rings. The summed E-state index contributed by atoms with van der Waals surface area (Å²) in [4.78, 5) is 16.1. The summed E-state index contributed by atoms with van der Waals surface area (Å²) in [6.07, 6.45) is 6.77. The molecule has 0 spiro atoms. The van der Waals surface area contributed by atoms with E-state index in [2.05, 4.69) is 9.78 Å². The van der Waals surface area contributed by atoms with Gasteiger partial charge in [0.15, 0.2) is 5.82 Å². The largest absolute Gasteiger partial charge is 0.497 e. The Balaban J connectivity index is 1.65. The second kappa shape index (κ2) is 7.58. The molecule has 1 aliphatic carbocycles. The summed E-state index contributed by atoms with van der Waals surface area (Å²) in [5.41, 5.74) is 6.48. The maximum absolute atomic E-state index is 11.4. The summed E-state index contributed by atoms with van der Waals surface area (Å²) < 4.78 is 13.4. The zero-order valence-electron chi connectivity index (χ0n) is 15.7. The number of nitrogens with zero attached hydrogens (tertiary/aromatic N) is 3. The number of primary amides is 1. The number of carbonyl (C=O) groups is 1. The Morgan fingerprint density at radius 1 is 1.33 bits per heavy atom. The maximum atomic E-state index is 11.4. The number of benzene rings is 1. The van der Waals surface area contributed by atoms with Crippen LogP contribution in [0.1, 0.15) is 61.3 Å². The molecule has 7 nitrogen and oxygen atoms in total. The smallest absolute Gasteiger partial charge is 0.225 e. The molecular weight excluding hydrogens is 344 g/mol. The number of amides is 1. The standard InChI is InChI=1S/C20H26N4O3/c1-26-16-7-8-17-13(10-16)9-14(12-27-17)20-22-19(11-18(21)25)23-24(20)15-5-3-2-4-6-15/h7-8,10,14-15H,2-6,9,11-12H2,1H3,(H2,21,25)/t14-/m0/s1. The summed E-state index contributed by atoms with van der Waals surface area (Å²) in [5.74, 6) is 2.83. The molecule has 1 fully saturated rings. The second-order valence-electron chi connectivity index (χ2n) is 7.45. The Kier molecular flexibility index (Phi) is 5.01. The highest BCUT2D eigenvalue weighted by Crippen LogP contribution is 2.36. The van der Waals surface area contributed by atoms with Crippen LogP contribution in [0.2, 0.25) is 0 Å². The summed E-state index contributed by atoms with van der Waals surface area (Å²) in [6.45, 7) is 0.556. The monoisotopic (exact) mass is 370 g/mol. The van der Waals surface area contributed by atoms with Gasteiger partial charge in [-0.2, -0.15) is 5.10 Å². The lowest BCUT2D eigenvalue weighted by Crippen LogP contribution is -2.25. The van der Waals surface area contributed by atoms with Crippen molar-refractivity contribution in [3.05, 3.63) is 35.4 Å². The van der Waals surface area contributed by atoms with Gasteiger partial charge in [-0.3, -0.25) is 4.79 Å². The number of fused-ring (bicyclic) bond motifs is 1. The molecule has 0 unspecified atom stereocenters. The fraction of sp³-hybridized carbons (Fsp3) is 0.550. The van der Waals surface area contributed by atoms with Gasteiger partial charge in [-0.1, -0.05) is 19.3 Å². The van der Waals surface area contributed by atoms with Crippen LogP contribution in [0.15, 0.2) is 18.2 Å². The van der Waals surface area contributed by atoms with E-state index in [-0.39, 0.29) is 12.3 Å². The van der Waals surface area contributed by atoms with Crippen molar-refractivity contribution in [3.8, 4) is 11.5 Å². The quantitative estimate of drug-likeness (QED) is 0.873. The number of rotatable bonds is 5. The molecule has 1 saturated carbocycles. The lowest BCUT2D eigenvalue weighted by Gasteiger charge is -2.28. The van der Waals surface area contributed by atoms with Gasteiger partial charge in [0.2, 0.25) is 5.91 Å². The molecule has 1 aliphatic heterocycles. The topological polar surface area (TPSA) is 92.3 Å². The molecule has 0 bridgehead atoms. The van der Waals surface area contributed by atoms with E-state index in [0.717, 1.165) is 42.1 Å². The van der Waals surface area contributed by atoms with Crippen LogP contribution in [0.5, 0.6) is 11.5 Å². The normalized spacial score (nSPS) is 20.0. The lowest BCUT2D eigenvalue weighted by atomic mass is 9.93. The molecule has 0 saturated heterocycles. The molecule has 4 rings (SSSR count). The molecule has 2 heterocycles. The number of ether oxygens (including phenoxy) is 2. The van der Waals surface area contributed by atoms with Gasteiger partial charge < -0.3 is 15.2 Å². The SMILES string of the molecule is COc1ccc2c(c1)C[C@H](c1nc(CC(N)=O)nn1C1CCCCC1)CO2. The third-order valence-electron chi connectivity index (χ3n) is 5.49. The summed E-state index contributed by atoms with van der Waals surface area (Å²) in [7, 11) is 1.67. The maximum Gasteiger partial charge on any atom is 0.225 e. The third kappa shape index (κ3) is 3.77. The lowest BCUT2D eigenvalue weighted by molar-refractivity contribution is -0.117. The van der Waals surface area contributed by atoms with Gasteiger partial charge in [-0.05, 0) is 43.0 Å². The molecule has 2 N–H and O–H groups in total. The van der Waals surface area contributed by atoms with Crippen LogP contribution in [0.3, 0.4) is 0 Å². The van der Waals surface area contributed by atoms with Gasteiger partial charge in [-0.25, -0.2) is 9.67 Å². The number of aromatic nitrogens is 3. The highest BCUT2D eigenvalue weighted by atomic mass is 16.5. The Labute approximate surface area is 158 Å². The molecule has 1 atom stereocenters. The van der Waals surface area contributed by atoms with Crippen molar-refractivity contribution in [2.75, 3.05) is 13.7 Å². The Morgan fingerprint density at radius 2 is 2.15 bits per heavy atom. The van der Waals surface area contributed by atoms with Crippen molar-refractivity contribution in [1.29, 1.82) is 0 Å². The molecular formula is C20H26N4O3. The average molecular weight is 370 g/mol. The van der Waals surface area contributed by atoms with E-state index >= 15 is 0 Å². The molecule has 2 aromatic rings. The molecule has 1 aromatic heterocycles. The minimum Gasteiger partial charge on any atom is -0.497 e. The van der Waals surface area contributed by atoms with Crippen molar-refractivity contribution >= 4 is 5.91 Å². The van der Waals surface area contributed by atoms with Crippen molar-refractivity contribution in [2.24, 2.45) is 5.73 Å². The van der Waals surface area contributed by atoms with Crippen molar-refractivity contribution in [3.63, 3.8) is 0 Å². The van der Waals surface area contributed by atoms with E-state index in [1.807, 2.05) is 18.2 Å². The Hall–Kier alpha value is -2.57. The van der Waals surface area contributed by atoms with Gasteiger partial charge in [-0.15, -0.1) is 0 Å². The molecule has 144 valence electrons. The highest BCUT2D eigenvalue weighted by Gasteiger charge is 2.30. The summed E-state index contributed by atoms with van der Waals surface area (Å²) in [5, 5.41) is 4.66. The number of hydrogen-bond acceptors (Lipinski definition) is 5. The summed E-state index contributed by atoms with van der Waals surface area (Å²) >= 11 is 0. The Bertz CT molecular complexity index is 827. The Morgan fingerprint density at radius 3 is 2.89 bits per heavy atom. The van der Waals surface area contributed by atoms with E-state index in [0.29, 0.717) is 18.5 Å². The molecule has 1 amide bonds. The minimum atomic E-state index is -0.405. The van der Waals surface area contributed by atoms with Gasteiger partial charge in [0.1, 0.15) is 17.3 Å². The van der Waals surface area contributed by atoms with Crippen LogP contribution >= 0.6 is 0 Å². The first-order chi connectivity index (χ1) is 13.1. The minimum absolute atomic E-state index is 0.0741. The van der Waals surface area contributed by atoms with E-state index in [4.69, 9.17) is 20.2 Å². The molecule has 0 radical (unpaired) electrons. The van der Waals surface area contributed by atoms with Crippen LogP contribution in [-0.2, 0) is 17.6 Å². The van der Waals surface area contributed by atoms with E-state index in [1.54, 1.807) is 7.11 Å². The van der Waals surface area contributed by atoms with Crippen molar-refractivity contribution in [1.82, 2.24) is 14.8 Å². The van der Waals surface area contributed by atoms with Crippen molar-refractivity contribution < 1.29 is 14.3 Å². The van der Waals surface area contributed by atoms with Crippen LogP contribution in [0.4, 0.5) is 0 Å². The summed E-state index contributed by atoms with van der Waals surface area (Å²) in [6, 6.07) is 6.23. The number of methoxy groups -OCH3 is 1. The zero-order valence-corrected chi connectivity index (χ0v) is 15.7. The number of hydrogen-bond donors (Lipinski definition) is 1. The van der Waals surface area contributed by atoms with Gasteiger partial charge >= 0.3 is 0 Å². The average Bonchev–Trinajstić information content (AvgIpc) is 3.10. The second-order valence-corrected chi connectivity index (χ2v) is 7.45. The predicted molar refractivity (Wildman–Crippen MR) is 100.0 cm³/mol. The van der Waals surface area contributed by atoms with Crippen LogP contribution < -0.4 is 15.2 Å². The molecule has 7 heteroatoms. The zero-order chi connectivity index (χ0) is 18.8. The van der Waals surface area contributed by atoms with Crippen LogP contribution in [0, 0.1) is 0 Å². The first kappa shape index (κ1) is 17.8. The fourth-order valence-corrected chi connectivity index (χ4v) is 4.15. The first-order valence-corrected chi connectivity index (χ1v) is 9.67. The fourth-order valence-electron chi connectivity index (χ4n) is 4.15. The van der Waals surface area contributed by atoms with E-state index in [9.17, 15) is 4.79 Å². The number of nitrogens with two attached hydrogens (primary N) is 1. The van der Waals surface area contributed by atoms with Crippen LogP contribution in [-0.4, -0.2) is 34.4 Å². The number of carbonyl (C=O) groups excluding carboxylic acids is 1. The molecule has 1 aromatic carbocycles. The van der Waals surface area contributed by atoms with E-state index < -0.39 is 5.91 Å². The predicted octanol–water partition coefficient (Wildman–Crippen LogP) is 2.54. The van der Waals surface area contributed by atoms with Crippen LogP contribution in [0.25, 0.3) is 0 Å².